The normalized spacial score (nSPS) is 23.2. The molecular weight excluding hydrogens is 390 g/mol. The summed E-state index contributed by atoms with van der Waals surface area (Å²) in [7, 11) is 0. The van der Waals surface area contributed by atoms with Crippen LogP contribution in [0.15, 0.2) is 23.1 Å². The number of hydrogen-bond acceptors (Lipinski definition) is 10. The first kappa shape index (κ1) is 22.1. The van der Waals surface area contributed by atoms with Crippen molar-refractivity contribution in [3.63, 3.8) is 0 Å². The number of pyridine rings is 1. The Hall–Kier alpha value is -3.21. The lowest BCUT2D eigenvalue weighted by molar-refractivity contribution is -0.166. The van der Waals surface area contributed by atoms with Crippen LogP contribution in [-0.2, 0) is 38.1 Å². The molecule has 2 rings (SSSR count). The molecule has 4 atom stereocenters. The van der Waals surface area contributed by atoms with Gasteiger partial charge in [0, 0.05) is 40.0 Å². The third kappa shape index (κ3) is 5.88. The van der Waals surface area contributed by atoms with E-state index in [0.717, 1.165) is 24.5 Å². The van der Waals surface area contributed by atoms with E-state index >= 15 is 0 Å². The molecule has 0 unspecified atom stereocenters. The van der Waals surface area contributed by atoms with Gasteiger partial charge in [-0.2, -0.15) is 0 Å². The molecule has 0 radical (unpaired) electrons. The average Bonchev–Trinajstić information content (AvgIpc) is 2.89. The van der Waals surface area contributed by atoms with Crippen LogP contribution < -0.4 is 10.3 Å². The molecule has 0 aromatic carbocycles. The summed E-state index contributed by atoms with van der Waals surface area (Å²) in [5.41, 5.74) is -0.624. The van der Waals surface area contributed by atoms with Gasteiger partial charge in [-0.1, -0.05) is 0 Å². The molecule has 1 aromatic heterocycles. The Kier molecular flexibility index (Phi) is 7.10. The lowest BCUT2D eigenvalue weighted by atomic mass is 10.1. The largest absolute Gasteiger partial charge is 0.463 e. The zero-order valence-electron chi connectivity index (χ0n) is 16.3. The predicted octanol–water partition coefficient (Wildman–Crippen LogP) is 0.0975. The predicted molar refractivity (Wildman–Crippen MR) is 93.7 cm³/mol. The molecular formula is C18H21NO10. The smallest absolute Gasteiger partial charge is 0.308 e. The average molecular weight is 411 g/mol. The van der Waals surface area contributed by atoms with Crippen molar-refractivity contribution in [2.24, 2.45) is 0 Å². The summed E-state index contributed by atoms with van der Waals surface area (Å²) in [4.78, 5) is 57.8. The molecule has 0 amide bonds. The van der Waals surface area contributed by atoms with Crippen LogP contribution in [0.5, 0.6) is 5.75 Å². The van der Waals surface area contributed by atoms with Gasteiger partial charge in [-0.15, -0.1) is 0 Å². The number of aromatic nitrogens is 1. The number of carbonyl (C=O) groups is 4. The third-order valence-corrected chi connectivity index (χ3v) is 3.80. The molecule has 11 heteroatoms. The fourth-order valence-electron chi connectivity index (χ4n) is 2.83. The van der Waals surface area contributed by atoms with Crippen molar-refractivity contribution in [1.29, 1.82) is 0 Å². The van der Waals surface area contributed by atoms with E-state index in [1.54, 1.807) is 0 Å². The van der Waals surface area contributed by atoms with Crippen LogP contribution in [0.4, 0.5) is 0 Å². The number of rotatable bonds is 6. The number of hydrogen-bond donors (Lipinski definition) is 0. The molecule has 29 heavy (non-hydrogen) atoms. The fraction of sp³-hybridized carbons (Fsp3) is 0.500. The summed E-state index contributed by atoms with van der Waals surface area (Å²) in [5.74, 6) is -2.55. The highest BCUT2D eigenvalue weighted by atomic mass is 16.7. The quantitative estimate of drug-likeness (QED) is 0.468. The van der Waals surface area contributed by atoms with Crippen molar-refractivity contribution in [1.82, 2.24) is 4.57 Å². The standard InChI is InChI=1S/C18H21NO10/c1-9(20)25-8-14-16(27-11(3)22)17(28-12(4)23)18(29-14)19-6-5-13(7-15(19)24)26-10(2)21/h5-7,14,16-18H,8H2,1-4H3/t14-,16-,17+,18-/m1/s1. The van der Waals surface area contributed by atoms with Gasteiger partial charge in [-0.25, -0.2) is 0 Å². The van der Waals surface area contributed by atoms with E-state index < -0.39 is 54.0 Å². The SMILES string of the molecule is CC(=O)OC[C@H]1O[C@@H](n2ccc(OC(C)=O)cc2=O)[C@@H](OC(C)=O)[C@@H]1OC(C)=O. The summed E-state index contributed by atoms with van der Waals surface area (Å²) in [6.07, 6.45) is -3.20. The first-order chi connectivity index (χ1) is 13.6. The van der Waals surface area contributed by atoms with E-state index in [1.807, 2.05) is 0 Å². The van der Waals surface area contributed by atoms with E-state index in [-0.39, 0.29) is 12.4 Å². The summed E-state index contributed by atoms with van der Waals surface area (Å²) >= 11 is 0. The number of carbonyl (C=O) groups excluding carboxylic acids is 4. The van der Waals surface area contributed by atoms with Crippen molar-refractivity contribution < 1.29 is 42.9 Å². The summed E-state index contributed by atoms with van der Waals surface area (Å²) < 4.78 is 27.1. The Morgan fingerprint density at radius 3 is 2.10 bits per heavy atom. The summed E-state index contributed by atoms with van der Waals surface area (Å²) in [6, 6.07) is 2.40. The molecule has 158 valence electrons. The molecule has 1 aromatic rings. The Morgan fingerprint density at radius 1 is 0.966 bits per heavy atom. The van der Waals surface area contributed by atoms with Crippen molar-refractivity contribution in [2.75, 3.05) is 6.61 Å². The highest BCUT2D eigenvalue weighted by Crippen LogP contribution is 2.34. The lowest BCUT2D eigenvalue weighted by Crippen LogP contribution is -2.41. The second-order valence-electron chi connectivity index (χ2n) is 6.22. The van der Waals surface area contributed by atoms with E-state index in [4.69, 9.17) is 23.7 Å². The van der Waals surface area contributed by atoms with Gasteiger partial charge in [0.15, 0.2) is 18.4 Å². The molecule has 0 N–H and O–H groups in total. The molecule has 2 heterocycles. The van der Waals surface area contributed by atoms with Crippen molar-refractivity contribution in [3.05, 3.63) is 28.7 Å². The first-order valence-electron chi connectivity index (χ1n) is 8.62. The minimum Gasteiger partial charge on any atom is -0.463 e. The second kappa shape index (κ2) is 9.32. The Labute approximate surface area is 165 Å². The van der Waals surface area contributed by atoms with Gasteiger partial charge >= 0.3 is 23.9 Å². The summed E-state index contributed by atoms with van der Waals surface area (Å²) in [6.45, 7) is 4.39. The van der Waals surface area contributed by atoms with Gasteiger partial charge in [0.1, 0.15) is 18.5 Å². The highest BCUT2D eigenvalue weighted by Gasteiger charge is 2.50. The highest BCUT2D eigenvalue weighted by molar-refractivity contribution is 5.69. The van der Waals surface area contributed by atoms with Gasteiger partial charge in [0.25, 0.3) is 5.56 Å². The number of nitrogens with zero attached hydrogens (tertiary/aromatic N) is 1. The van der Waals surface area contributed by atoms with E-state index in [2.05, 4.69) is 0 Å². The fourth-order valence-corrected chi connectivity index (χ4v) is 2.83. The van der Waals surface area contributed by atoms with Gasteiger partial charge in [0.05, 0.1) is 0 Å². The molecule has 0 bridgehead atoms. The molecule has 1 aliphatic heterocycles. The maximum Gasteiger partial charge on any atom is 0.308 e. The van der Waals surface area contributed by atoms with Crippen LogP contribution in [0.25, 0.3) is 0 Å². The van der Waals surface area contributed by atoms with E-state index in [1.165, 1.54) is 26.1 Å². The minimum absolute atomic E-state index is 0.0220. The van der Waals surface area contributed by atoms with E-state index in [0.29, 0.717) is 0 Å². The molecule has 0 saturated carbocycles. The molecule has 1 saturated heterocycles. The zero-order valence-corrected chi connectivity index (χ0v) is 16.3. The Morgan fingerprint density at radius 2 is 1.59 bits per heavy atom. The third-order valence-electron chi connectivity index (χ3n) is 3.80. The first-order valence-corrected chi connectivity index (χ1v) is 8.62. The topological polar surface area (TPSA) is 136 Å². The molecule has 0 aliphatic carbocycles. The number of esters is 4. The van der Waals surface area contributed by atoms with Gasteiger partial charge in [0.2, 0.25) is 0 Å². The van der Waals surface area contributed by atoms with Gasteiger partial charge in [-0.05, 0) is 6.07 Å². The Bertz CT molecular complexity index is 860. The van der Waals surface area contributed by atoms with Crippen LogP contribution in [0.1, 0.15) is 33.9 Å². The van der Waals surface area contributed by atoms with E-state index in [9.17, 15) is 24.0 Å². The number of ether oxygens (including phenoxy) is 5. The van der Waals surface area contributed by atoms with Gasteiger partial charge < -0.3 is 23.7 Å². The molecule has 11 nitrogen and oxygen atoms in total. The van der Waals surface area contributed by atoms with Crippen molar-refractivity contribution in [2.45, 2.75) is 52.2 Å². The van der Waals surface area contributed by atoms with Gasteiger partial charge in [-0.3, -0.25) is 28.5 Å². The zero-order chi connectivity index (χ0) is 21.7. The second-order valence-corrected chi connectivity index (χ2v) is 6.22. The van der Waals surface area contributed by atoms with Crippen molar-refractivity contribution in [3.8, 4) is 5.75 Å². The molecule has 1 aliphatic rings. The maximum absolute atomic E-state index is 12.5. The molecule has 0 spiro atoms. The van der Waals surface area contributed by atoms with Crippen LogP contribution in [0, 0.1) is 0 Å². The van der Waals surface area contributed by atoms with Crippen LogP contribution in [-0.4, -0.2) is 53.4 Å². The molecule has 1 fully saturated rings. The monoisotopic (exact) mass is 411 g/mol. The van der Waals surface area contributed by atoms with Crippen LogP contribution in [0.3, 0.4) is 0 Å². The van der Waals surface area contributed by atoms with Crippen LogP contribution in [0.2, 0.25) is 0 Å². The summed E-state index contributed by atoms with van der Waals surface area (Å²) in [5, 5.41) is 0. The van der Waals surface area contributed by atoms with Crippen LogP contribution >= 0.6 is 0 Å². The Balaban J connectivity index is 2.40. The van der Waals surface area contributed by atoms with Crippen molar-refractivity contribution >= 4 is 23.9 Å². The lowest BCUT2D eigenvalue weighted by Gasteiger charge is -2.24. The maximum atomic E-state index is 12.5. The minimum atomic E-state index is -1.19.